The van der Waals surface area contributed by atoms with Gasteiger partial charge in [-0.25, -0.2) is 13.2 Å². The molecule has 0 spiro atoms. The number of sulfonamides is 1. The summed E-state index contributed by atoms with van der Waals surface area (Å²) in [5.74, 6) is 0.209. The zero-order valence-electron chi connectivity index (χ0n) is 17.7. The first-order chi connectivity index (χ1) is 15.4. The second-order valence-electron chi connectivity index (χ2n) is 8.05. The smallest absolute Gasteiger partial charge is 0.373 e. The van der Waals surface area contributed by atoms with Gasteiger partial charge < -0.3 is 18.9 Å². The van der Waals surface area contributed by atoms with Crippen LogP contribution in [-0.4, -0.2) is 45.4 Å². The van der Waals surface area contributed by atoms with E-state index in [2.05, 4.69) is 0 Å². The minimum Gasteiger partial charge on any atom is -0.466 e. The number of fused-ring (bicyclic) bond motifs is 2. The van der Waals surface area contributed by atoms with E-state index in [-0.39, 0.29) is 35.8 Å². The Kier molecular flexibility index (Phi) is 5.10. The molecule has 2 aromatic carbocycles. The molecule has 3 aliphatic rings. The Morgan fingerprint density at radius 3 is 2.59 bits per heavy atom. The summed E-state index contributed by atoms with van der Waals surface area (Å²) < 4.78 is 49.9. The van der Waals surface area contributed by atoms with Crippen molar-refractivity contribution in [2.75, 3.05) is 20.4 Å². The Hall–Kier alpha value is -3.04. The van der Waals surface area contributed by atoms with Crippen LogP contribution in [0.2, 0.25) is 0 Å². The van der Waals surface area contributed by atoms with Gasteiger partial charge >= 0.3 is 5.97 Å². The third-order valence-electron chi connectivity index (χ3n) is 6.17. The Labute approximate surface area is 186 Å². The maximum absolute atomic E-state index is 13.4. The first-order valence-corrected chi connectivity index (χ1v) is 11.8. The van der Waals surface area contributed by atoms with Crippen LogP contribution >= 0.6 is 0 Å². The van der Waals surface area contributed by atoms with Crippen molar-refractivity contribution in [1.82, 2.24) is 4.31 Å². The number of hydrogen-bond donors (Lipinski definition) is 0. The van der Waals surface area contributed by atoms with Gasteiger partial charge in [0.1, 0.15) is 0 Å². The van der Waals surface area contributed by atoms with E-state index >= 15 is 0 Å². The van der Waals surface area contributed by atoms with Gasteiger partial charge in [0.05, 0.1) is 12.0 Å². The van der Waals surface area contributed by atoms with Crippen molar-refractivity contribution in [2.45, 2.75) is 30.4 Å². The Balaban J connectivity index is 1.53. The Bertz CT molecular complexity index is 1190. The predicted molar refractivity (Wildman–Crippen MR) is 113 cm³/mol. The normalized spacial score (nSPS) is 24.4. The zero-order valence-corrected chi connectivity index (χ0v) is 18.5. The molecule has 0 aromatic heterocycles. The number of carbonyl (C=O) groups is 1. The molecule has 2 aromatic rings. The minimum absolute atomic E-state index is 0.00224. The summed E-state index contributed by atoms with van der Waals surface area (Å²) >= 11 is 0. The molecule has 0 N–H and O–H groups in total. The summed E-state index contributed by atoms with van der Waals surface area (Å²) in [6, 6.07) is 12.3. The summed E-state index contributed by atoms with van der Waals surface area (Å²) in [7, 11) is -2.55. The standard InChI is InChI=1S/C23H23NO7S/c1-14-3-6-16(7-4-14)32(26,27)24-10-9-17-18(12-21(23(25)28-2)31-22(17)24)15-5-8-19-20(11-15)30-13-29-19/h3-8,11-12,17-18,22H,9-10,13H2,1-2H3/t17-,18+,22+/m0/s1. The molecule has 5 rings (SSSR count). The number of carbonyl (C=O) groups excluding carboxylic acids is 1. The summed E-state index contributed by atoms with van der Waals surface area (Å²) in [5.41, 5.74) is 1.86. The van der Waals surface area contributed by atoms with Crippen LogP contribution in [-0.2, 0) is 24.3 Å². The van der Waals surface area contributed by atoms with Crippen LogP contribution in [0.25, 0.3) is 0 Å². The largest absolute Gasteiger partial charge is 0.466 e. The lowest BCUT2D eigenvalue weighted by Gasteiger charge is -2.35. The van der Waals surface area contributed by atoms with Crippen molar-refractivity contribution in [3.05, 3.63) is 65.4 Å². The van der Waals surface area contributed by atoms with E-state index in [1.165, 1.54) is 11.4 Å². The molecule has 0 aliphatic carbocycles. The number of aryl methyl sites for hydroxylation is 1. The van der Waals surface area contributed by atoms with Gasteiger partial charge in [-0.2, -0.15) is 4.31 Å². The van der Waals surface area contributed by atoms with E-state index in [0.717, 1.165) is 11.1 Å². The molecule has 8 nitrogen and oxygen atoms in total. The maximum Gasteiger partial charge on any atom is 0.373 e. The highest BCUT2D eigenvalue weighted by atomic mass is 32.2. The lowest BCUT2D eigenvalue weighted by atomic mass is 9.82. The van der Waals surface area contributed by atoms with E-state index < -0.39 is 22.2 Å². The van der Waals surface area contributed by atoms with Gasteiger partial charge in [0, 0.05) is 18.4 Å². The van der Waals surface area contributed by atoms with Crippen molar-refractivity contribution in [3.8, 4) is 11.5 Å². The van der Waals surface area contributed by atoms with Crippen LogP contribution in [0.3, 0.4) is 0 Å². The van der Waals surface area contributed by atoms with E-state index in [4.69, 9.17) is 18.9 Å². The first kappa shape index (κ1) is 20.8. The van der Waals surface area contributed by atoms with E-state index in [1.807, 2.05) is 25.1 Å². The first-order valence-electron chi connectivity index (χ1n) is 10.3. The van der Waals surface area contributed by atoms with Crippen molar-refractivity contribution in [1.29, 1.82) is 0 Å². The van der Waals surface area contributed by atoms with Gasteiger partial charge in [0.25, 0.3) is 0 Å². The van der Waals surface area contributed by atoms with Crippen molar-refractivity contribution in [3.63, 3.8) is 0 Å². The molecule has 0 radical (unpaired) electrons. The van der Waals surface area contributed by atoms with Crippen molar-refractivity contribution in [2.24, 2.45) is 5.92 Å². The fourth-order valence-electron chi connectivity index (χ4n) is 4.50. The number of hydrogen-bond acceptors (Lipinski definition) is 7. The fourth-order valence-corrected chi connectivity index (χ4v) is 6.07. The highest BCUT2D eigenvalue weighted by molar-refractivity contribution is 7.89. The van der Waals surface area contributed by atoms with Crippen LogP contribution in [0, 0.1) is 12.8 Å². The molecule has 0 saturated carbocycles. The molecule has 3 heterocycles. The number of rotatable bonds is 4. The van der Waals surface area contributed by atoms with Crippen molar-refractivity contribution >= 4 is 16.0 Å². The molecular formula is C23H23NO7S. The molecule has 1 fully saturated rings. The van der Waals surface area contributed by atoms with Crippen LogP contribution in [0.1, 0.15) is 23.5 Å². The Morgan fingerprint density at radius 2 is 1.84 bits per heavy atom. The molecule has 1 saturated heterocycles. The van der Waals surface area contributed by atoms with Crippen LogP contribution in [0.15, 0.2) is 59.2 Å². The lowest BCUT2D eigenvalue weighted by Crippen LogP contribution is -2.43. The number of nitrogens with zero attached hydrogens (tertiary/aromatic N) is 1. The highest BCUT2D eigenvalue weighted by Crippen LogP contribution is 2.46. The van der Waals surface area contributed by atoms with Gasteiger partial charge in [-0.15, -0.1) is 0 Å². The zero-order chi connectivity index (χ0) is 22.5. The second kappa shape index (κ2) is 7.83. The molecule has 0 unspecified atom stereocenters. The number of methoxy groups -OCH3 is 1. The monoisotopic (exact) mass is 457 g/mol. The Morgan fingerprint density at radius 1 is 1.09 bits per heavy atom. The third-order valence-corrected chi connectivity index (χ3v) is 8.04. The molecule has 0 bridgehead atoms. The van der Waals surface area contributed by atoms with Gasteiger partial charge in [0.15, 0.2) is 17.7 Å². The molecule has 168 valence electrons. The molecule has 9 heteroatoms. The second-order valence-corrected chi connectivity index (χ2v) is 9.94. The summed E-state index contributed by atoms with van der Waals surface area (Å²) in [4.78, 5) is 12.6. The average molecular weight is 458 g/mol. The molecule has 32 heavy (non-hydrogen) atoms. The average Bonchev–Trinajstić information content (AvgIpc) is 3.44. The summed E-state index contributed by atoms with van der Waals surface area (Å²) in [6.45, 7) is 2.34. The summed E-state index contributed by atoms with van der Waals surface area (Å²) in [6.07, 6.45) is 1.47. The summed E-state index contributed by atoms with van der Waals surface area (Å²) in [5, 5.41) is 0. The highest BCUT2D eigenvalue weighted by Gasteiger charge is 2.49. The van der Waals surface area contributed by atoms with E-state index in [9.17, 15) is 13.2 Å². The van der Waals surface area contributed by atoms with Gasteiger partial charge in [-0.05, 0) is 49.2 Å². The van der Waals surface area contributed by atoms with Crippen LogP contribution in [0.5, 0.6) is 11.5 Å². The lowest BCUT2D eigenvalue weighted by molar-refractivity contribution is -0.144. The van der Waals surface area contributed by atoms with Gasteiger partial charge in [-0.3, -0.25) is 0 Å². The topological polar surface area (TPSA) is 91.4 Å². The minimum atomic E-state index is -3.81. The maximum atomic E-state index is 13.4. The quantitative estimate of drug-likeness (QED) is 0.652. The predicted octanol–water partition coefficient (Wildman–Crippen LogP) is 2.93. The number of allylic oxidation sites excluding steroid dienone is 1. The number of ether oxygens (including phenoxy) is 4. The fraction of sp³-hybridized carbons (Fsp3) is 0.348. The van der Waals surface area contributed by atoms with E-state index in [1.54, 1.807) is 30.3 Å². The molecular weight excluding hydrogens is 434 g/mol. The van der Waals surface area contributed by atoms with Gasteiger partial charge in [-0.1, -0.05) is 23.8 Å². The van der Waals surface area contributed by atoms with E-state index in [0.29, 0.717) is 17.9 Å². The third kappa shape index (κ3) is 3.41. The molecule has 0 amide bonds. The molecule has 3 aliphatic heterocycles. The number of benzene rings is 2. The van der Waals surface area contributed by atoms with Crippen molar-refractivity contribution < 1.29 is 32.2 Å². The van der Waals surface area contributed by atoms with Crippen LogP contribution < -0.4 is 9.47 Å². The number of esters is 1. The van der Waals surface area contributed by atoms with Gasteiger partial charge in [0.2, 0.25) is 22.6 Å². The van der Waals surface area contributed by atoms with Crippen LogP contribution in [0.4, 0.5) is 0 Å². The SMILES string of the molecule is COC(=O)C1=C[C@H](c2ccc3c(c2)OCO3)[C@@H]2CCN(S(=O)(=O)c3ccc(C)cc3)[C@@H]2O1. The molecule has 3 atom stereocenters.